The molecule has 0 unspecified atom stereocenters. The summed E-state index contributed by atoms with van der Waals surface area (Å²) in [6, 6.07) is 13.4. The van der Waals surface area contributed by atoms with Crippen LogP contribution < -0.4 is 14.9 Å². The predicted molar refractivity (Wildman–Crippen MR) is 115 cm³/mol. The number of nitro benzene ring substituents is 1. The fourth-order valence-electron chi connectivity index (χ4n) is 2.47. The third kappa shape index (κ3) is 5.73. The van der Waals surface area contributed by atoms with Crippen molar-refractivity contribution in [2.24, 2.45) is 5.10 Å². The number of amides is 1. The number of hydrogen-bond acceptors (Lipinski definition) is 8. The SMILES string of the molecule is CCOc1cc(C=NNC(=O)c2ccc([N+](=O)[O-])cc2)ccc1OC(=O)c1cccs1. The summed E-state index contributed by atoms with van der Waals surface area (Å²) in [6.45, 7) is 2.16. The van der Waals surface area contributed by atoms with Crippen LogP contribution in [0.5, 0.6) is 11.5 Å². The molecule has 31 heavy (non-hydrogen) atoms. The summed E-state index contributed by atoms with van der Waals surface area (Å²) in [5.41, 5.74) is 3.07. The second kappa shape index (κ2) is 10.1. The molecule has 0 radical (unpaired) electrons. The predicted octanol–water partition coefficient (Wildman–Crippen LogP) is 4.04. The maximum Gasteiger partial charge on any atom is 0.353 e. The van der Waals surface area contributed by atoms with Crippen molar-refractivity contribution in [1.29, 1.82) is 0 Å². The lowest BCUT2D eigenvalue weighted by Crippen LogP contribution is -2.17. The van der Waals surface area contributed by atoms with E-state index >= 15 is 0 Å². The number of hydrazone groups is 1. The largest absolute Gasteiger partial charge is 0.490 e. The Hall–Kier alpha value is -4.05. The average Bonchev–Trinajstić information content (AvgIpc) is 3.31. The first-order valence-electron chi connectivity index (χ1n) is 9.08. The minimum Gasteiger partial charge on any atom is -0.490 e. The summed E-state index contributed by atoms with van der Waals surface area (Å²) in [4.78, 5) is 34.9. The van der Waals surface area contributed by atoms with Gasteiger partial charge in [-0.1, -0.05) is 6.07 Å². The van der Waals surface area contributed by atoms with Crippen molar-refractivity contribution in [1.82, 2.24) is 5.43 Å². The molecule has 3 aromatic rings. The number of rotatable bonds is 8. The molecule has 0 atom stereocenters. The standard InChI is InChI=1S/C21H17N3O6S/c1-2-29-18-12-14(5-10-17(18)30-21(26)19-4-3-11-31-19)13-22-23-20(25)15-6-8-16(9-7-15)24(27)28/h3-13H,2H2,1H3,(H,23,25). The van der Waals surface area contributed by atoms with Crippen LogP contribution in [0, 0.1) is 10.1 Å². The average molecular weight is 439 g/mol. The first kappa shape index (κ1) is 21.7. The highest BCUT2D eigenvalue weighted by molar-refractivity contribution is 7.12. The number of nitrogens with zero attached hydrogens (tertiary/aromatic N) is 2. The lowest BCUT2D eigenvalue weighted by atomic mass is 10.2. The molecule has 0 bridgehead atoms. The molecule has 1 N–H and O–H groups in total. The molecule has 0 fully saturated rings. The summed E-state index contributed by atoms with van der Waals surface area (Å²) >= 11 is 1.28. The van der Waals surface area contributed by atoms with Crippen molar-refractivity contribution >= 4 is 35.1 Å². The molecule has 3 rings (SSSR count). The van der Waals surface area contributed by atoms with Gasteiger partial charge in [0.05, 0.1) is 17.7 Å². The first-order valence-corrected chi connectivity index (χ1v) is 9.96. The lowest BCUT2D eigenvalue weighted by molar-refractivity contribution is -0.384. The van der Waals surface area contributed by atoms with E-state index in [-0.39, 0.29) is 17.0 Å². The number of nitrogens with one attached hydrogen (secondary N) is 1. The molecule has 1 heterocycles. The quantitative estimate of drug-likeness (QED) is 0.186. The van der Waals surface area contributed by atoms with Crippen LogP contribution in [-0.4, -0.2) is 29.6 Å². The van der Waals surface area contributed by atoms with Crippen LogP contribution >= 0.6 is 11.3 Å². The fourth-order valence-corrected chi connectivity index (χ4v) is 3.07. The molecule has 0 aliphatic rings. The summed E-state index contributed by atoms with van der Waals surface area (Å²) in [5, 5.41) is 16.3. The van der Waals surface area contributed by atoms with Crippen LogP contribution in [0.15, 0.2) is 65.1 Å². The van der Waals surface area contributed by atoms with Gasteiger partial charge in [-0.05, 0) is 54.3 Å². The van der Waals surface area contributed by atoms with Crippen LogP contribution in [0.2, 0.25) is 0 Å². The van der Waals surface area contributed by atoms with Crippen LogP contribution in [0.25, 0.3) is 0 Å². The summed E-state index contributed by atoms with van der Waals surface area (Å²) in [5.74, 6) is -0.365. The van der Waals surface area contributed by atoms with Gasteiger partial charge in [-0.15, -0.1) is 11.3 Å². The van der Waals surface area contributed by atoms with Crippen molar-refractivity contribution in [2.45, 2.75) is 6.92 Å². The van der Waals surface area contributed by atoms with Crippen molar-refractivity contribution in [3.8, 4) is 11.5 Å². The Bertz CT molecular complexity index is 1110. The lowest BCUT2D eigenvalue weighted by Gasteiger charge is -2.10. The maximum absolute atomic E-state index is 12.2. The molecule has 0 saturated carbocycles. The Morgan fingerprint density at radius 1 is 1.16 bits per heavy atom. The second-order valence-electron chi connectivity index (χ2n) is 6.01. The van der Waals surface area contributed by atoms with Crippen molar-refractivity contribution in [3.63, 3.8) is 0 Å². The highest BCUT2D eigenvalue weighted by atomic mass is 32.1. The fraction of sp³-hybridized carbons (Fsp3) is 0.0952. The van der Waals surface area contributed by atoms with Gasteiger partial charge in [0.15, 0.2) is 11.5 Å². The number of benzene rings is 2. The van der Waals surface area contributed by atoms with Crippen LogP contribution in [-0.2, 0) is 0 Å². The van der Waals surface area contributed by atoms with Gasteiger partial charge < -0.3 is 9.47 Å². The monoisotopic (exact) mass is 439 g/mol. The van der Waals surface area contributed by atoms with E-state index in [1.165, 1.54) is 41.8 Å². The number of carbonyl (C=O) groups is 2. The normalized spacial score (nSPS) is 10.6. The van der Waals surface area contributed by atoms with Crippen molar-refractivity contribution < 1.29 is 24.0 Å². The summed E-state index contributed by atoms with van der Waals surface area (Å²) in [7, 11) is 0. The van der Waals surface area contributed by atoms with Gasteiger partial charge in [-0.25, -0.2) is 10.2 Å². The Labute approximate surface area is 181 Å². The summed E-state index contributed by atoms with van der Waals surface area (Å²) in [6.07, 6.45) is 1.40. The third-order valence-corrected chi connectivity index (χ3v) is 4.76. The zero-order chi connectivity index (χ0) is 22.2. The Kier molecular flexibility index (Phi) is 7.07. The van der Waals surface area contributed by atoms with E-state index in [0.717, 1.165) is 0 Å². The van der Waals surface area contributed by atoms with Gasteiger partial charge >= 0.3 is 5.97 Å². The first-order chi connectivity index (χ1) is 15.0. The Morgan fingerprint density at radius 3 is 2.58 bits per heavy atom. The van der Waals surface area contributed by atoms with E-state index < -0.39 is 16.8 Å². The van der Waals surface area contributed by atoms with Gasteiger partial charge in [-0.2, -0.15) is 5.10 Å². The molecule has 1 amide bonds. The molecule has 0 aliphatic carbocycles. The highest BCUT2D eigenvalue weighted by Gasteiger charge is 2.14. The number of non-ortho nitro benzene ring substituents is 1. The third-order valence-electron chi connectivity index (χ3n) is 3.91. The molecular formula is C21H17N3O6S. The van der Waals surface area contributed by atoms with Crippen LogP contribution in [0.4, 0.5) is 5.69 Å². The van der Waals surface area contributed by atoms with Gasteiger partial charge in [0.1, 0.15) is 4.88 Å². The smallest absolute Gasteiger partial charge is 0.353 e. The van der Waals surface area contributed by atoms with Crippen LogP contribution in [0.1, 0.15) is 32.5 Å². The van der Waals surface area contributed by atoms with Gasteiger partial charge in [-0.3, -0.25) is 14.9 Å². The molecule has 0 saturated heterocycles. The summed E-state index contributed by atoms with van der Waals surface area (Å²) < 4.78 is 11.0. The number of carbonyl (C=O) groups excluding carboxylic acids is 2. The number of esters is 1. The molecular weight excluding hydrogens is 422 g/mol. The zero-order valence-electron chi connectivity index (χ0n) is 16.3. The van der Waals surface area contributed by atoms with E-state index in [1.807, 2.05) is 0 Å². The van der Waals surface area contributed by atoms with Crippen molar-refractivity contribution in [2.75, 3.05) is 6.61 Å². The molecule has 10 heteroatoms. The number of hydrogen-bond donors (Lipinski definition) is 1. The second-order valence-corrected chi connectivity index (χ2v) is 6.96. The number of ether oxygens (including phenoxy) is 2. The maximum atomic E-state index is 12.2. The minimum atomic E-state index is -0.544. The zero-order valence-corrected chi connectivity index (χ0v) is 17.1. The van der Waals surface area contributed by atoms with E-state index in [4.69, 9.17) is 9.47 Å². The number of nitro groups is 1. The molecule has 1 aromatic heterocycles. The molecule has 2 aromatic carbocycles. The minimum absolute atomic E-state index is 0.108. The van der Waals surface area contributed by atoms with E-state index in [9.17, 15) is 19.7 Å². The Balaban J connectivity index is 1.67. The van der Waals surface area contributed by atoms with Gasteiger partial charge in [0.2, 0.25) is 0 Å². The highest BCUT2D eigenvalue weighted by Crippen LogP contribution is 2.29. The molecule has 9 nitrogen and oxygen atoms in total. The Morgan fingerprint density at radius 2 is 1.94 bits per heavy atom. The van der Waals surface area contributed by atoms with E-state index in [0.29, 0.717) is 22.8 Å². The van der Waals surface area contributed by atoms with Gasteiger partial charge in [0, 0.05) is 17.7 Å². The van der Waals surface area contributed by atoms with Crippen molar-refractivity contribution in [3.05, 3.63) is 86.1 Å². The molecule has 0 aliphatic heterocycles. The van der Waals surface area contributed by atoms with Crippen LogP contribution in [0.3, 0.4) is 0 Å². The van der Waals surface area contributed by atoms with E-state index in [2.05, 4.69) is 10.5 Å². The molecule has 158 valence electrons. The molecule has 0 spiro atoms. The van der Waals surface area contributed by atoms with Gasteiger partial charge in [0.25, 0.3) is 11.6 Å². The van der Waals surface area contributed by atoms with E-state index in [1.54, 1.807) is 42.6 Å². The topological polar surface area (TPSA) is 120 Å². The number of thiophene rings is 1.